The number of furan rings is 1. The number of nitrogens with zero attached hydrogens (tertiary/aromatic N) is 2. The molecule has 0 fully saturated rings. The summed E-state index contributed by atoms with van der Waals surface area (Å²) in [5.41, 5.74) is 0.884. The zero-order valence-electron chi connectivity index (χ0n) is 13.1. The number of ether oxygens (including phenoxy) is 1. The van der Waals surface area contributed by atoms with Gasteiger partial charge in [-0.15, -0.1) is 0 Å². The first-order valence-corrected chi connectivity index (χ1v) is 7.43. The fourth-order valence-electron chi connectivity index (χ4n) is 2.12. The van der Waals surface area contributed by atoms with Crippen LogP contribution in [0.25, 0.3) is 0 Å². The van der Waals surface area contributed by atoms with Crippen LogP contribution in [0.5, 0.6) is 0 Å². The molecule has 8 nitrogen and oxygen atoms in total. The molecule has 1 aromatic carbocycles. The highest BCUT2D eigenvalue weighted by Crippen LogP contribution is 2.11. The lowest BCUT2D eigenvalue weighted by atomic mass is 10.2. The Kier molecular flexibility index (Phi) is 4.79. The van der Waals surface area contributed by atoms with Crippen LogP contribution in [0.15, 0.2) is 59.1 Å². The fraction of sp³-hybridized carbons (Fsp3) is 0.118. The van der Waals surface area contributed by atoms with Crippen molar-refractivity contribution in [3.8, 4) is 0 Å². The van der Waals surface area contributed by atoms with Crippen molar-refractivity contribution in [1.29, 1.82) is 0 Å². The largest absolute Gasteiger partial charge is 0.475 e. The van der Waals surface area contributed by atoms with Gasteiger partial charge in [0, 0.05) is 12.3 Å². The third-order valence-electron chi connectivity index (χ3n) is 3.27. The minimum atomic E-state index is -1.13. The van der Waals surface area contributed by atoms with Gasteiger partial charge in [-0.05, 0) is 17.7 Å². The molecule has 2 heterocycles. The van der Waals surface area contributed by atoms with Gasteiger partial charge >= 0.3 is 12.1 Å². The first-order chi connectivity index (χ1) is 12.1. The summed E-state index contributed by atoms with van der Waals surface area (Å²) in [5.74, 6) is -0.498. The van der Waals surface area contributed by atoms with E-state index in [0.717, 1.165) is 5.56 Å². The monoisotopic (exact) mass is 341 g/mol. The maximum Gasteiger partial charge on any atom is 0.413 e. The number of benzene rings is 1. The topological polar surface area (TPSA) is 107 Å². The molecular weight excluding hydrogens is 326 g/mol. The van der Waals surface area contributed by atoms with Crippen LogP contribution in [-0.4, -0.2) is 26.9 Å². The lowest BCUT2D eigenvalue weighted by Gasteiger charge is -2.05. The van der Waals surface area contributed by atoms with Gasteiger partial charge in [0.25, 0.3) is 0 Å². The molecule has 8 heteroatoms. The number of rotatable bonds is 6. The number of aromatic nitrogens is 2. The maximum atomic E-state index is 11.8. The van der Waals surface area contributed by atoms with Crippen LogP contribution in [0.2, 0.25) is 0 Å². The lowest BCUT2D eigenvalue weighted by molar-refractivity contribution is 0.0660. The molecule has 1 amide bonds. The second-order valence-electron chi connectivity index (χ2n) is 5.16. The minimum absolute atomic E-state index is 0.134. The standard InChI is InChI=1S/C17H15N3O5/c21-16(22)14-7-6-13(25-14)10-20-9-8-15(19-20)18-17(23)24-11-12-4-2-1-3-5-12/h1-9H,10-11H2,(H,21,22)(H,18,19,23). The Balaban J connectivity index is 1.52. The second kappa shape index (κ2) is 7.35. The van der Waals surface area contributed by atoms with Crippen LogP contribution in [0.4, 0.5) is 10.6 Å². The third kappa shape index (κ3) is 4.47. The van der Waals surface area contributed by atoms with Crippen molar-refractivity contribution in [3.05, 3.63) is 71.8 Å². The van der Waals surface area contributed by atoms with E-state index >= 15 is 0 Å². The first kappa shape index (κ1) is 16.3. The van der Waals surface area contributed by atoms with Crippen molar-refractivity contribution in [2.24, 2.45) is 0 Å². The Morgan fingerprint density at radius 3 is 2.68 bits per heavy atom. The second-order valence-corrected chi connectivity index (χ2v) is 5.16. The molecular formula is C17H15N3O5. The van der Waals surface area contributed by atoms with E-state index in [0.29, 0.717) is 11.6 Å². The van der Waals surface area contributed by atoms with Crippen LogP contribution in [0.3, 0.4) is 0 Å². The molecule has 25 heavy (non-hydrogen) atoms. The Morgan fingerprint density at radius 1 is 1.16 bits per heavy atom. The summed E-state index contributed by atoms with van der Waals surface area (Å²) in [4.78, 5) is 22.5. The smallest absolute Gasteiger partial charge is 0.413 e. The molecule has 0 aliphatic carbocycles. The number of carbonyl (C=O) groups excluding carboxylic acids is 1. The van der Waals surface area contributed by atoms with Crippen LogP contribution in [0, 0.1) is 0 Å². The molecule has 3 aromatic rings. The van der Waals surface area contributed by atoms with E-state index < -0.39 is 12.1 Å². The van der Waals surface area contributed by atoms with Gasteiger partial charge in [0.15, 0.2) is 5.82 Å². The molecule has 0 spiro atoms. The molecule has 2 N–H and O–H groups in total. The van der Waals surface area contributed by atoms with Crippen LogP contribution in [-0.2, 0) is 17.9 Å². The Morgan fingerprint density at radius 2 is 1.96 bits per heavy atom. The first-order valence-electron chi connectivity index (χ1n) is 7.43. The number of carboxylic acids is 1. The van der Waals surface area contributed by atoms with Crippen LogP contribution < -0.4 is 5.32 Å². The van der Waals surface area contributed by atoms with E-state index in [9.17, 15) is 9.59 Å². The normalized spacial score (nSPS) is 10.4. The Labute approximate surface area is 142 Å². The SMILES string of the molecule is O=C(Nc1ccn(Cc2ccc(C(=O)O)o2)n1)OCc1ccccc1. The predicted molar refractivity (Wildman–Crippen MR) is 87.2 cm³/mol. The number of nitrogens with one attached hydrogen (secondary N) is 1. The summed E-state index contributed by atoms with van der Waals surface area (Å²) >= 11 is 0. The van der Waals surface area contributed by atoms with E-state index in [1.54, 1.807) is 18.3 Å². The zero-order valence-corrected chi connectivity index (χ0v) is 13.1. The quantitative estimate of drug-likeness (QED) is 0.714. The highest BCUT2D eigenvalue weighted by molar-refractivity contribution is 5.84. The maximum absolute atomic E-state index is 11.8. The fourth-order valence-corrected chi connectivity index (χ4v) is 2.12. The Hall–Kier alpha value is -3.55. The number of hydrogen-bond donors (Lipinski definition) is 2. The molecule has 0 unspecified atom stereocenters. The number of amides is 1. The molecule has 0 radical (unpaired) electrons. The van der Waals surface area contributed by atoms with E-state index in [1.807, 2.05) is 30.3 Å². The van der Waals surface area contributed by atoms with Gasteiger partial charge in [-0.25, -0.2) is 9.59 Å². The summed E-state index contributed by atoms with van der Waals surface area (Å²) in [6.07, 6.45) is 1.02. The molecule has 0 aliphatic heterocycles. The summed E-state index contributed by atoms with van der Waals surface area (Å²) in [6.45, 7) is 0.408. The van der Waals surface area contributed by atoms with Crippen LogP contribution in [0.1, 0.15) is 21.9 Å². The van der Waals surface area contributed by atoms with Crippen molar-refractivity contribution in [2.75, 3.05) is 5.32 Å². The lowest BCUT2D eigenvalue weighted by Crippen LogP contribution is -2.14. The summed E-state index contributed by atoms with van der Waals surface area (Å²) in [6, 6.07) is 13.9. The predicted octanol–water partition coefficient (Wildman–Crippen LogP) is 2.97. The van der Waals surface area contributed by atoms with Crippen molar-refractivity contribution < 1.29 is 23.8 Å². The summed E-state index contributed by atoms with van der Waals surface area (Å²) in [7, 11) is 0. The van der Waals surface area contributed by atoms with Gasteiger partial charge in [-0.2, -0.15) is 5.10 Å². The number of anilines is 1. The van der Waals surface area contributed by atoms with Crippen molar-refractivity contribution in [3.63, 3.8) is 0 Å². The number of carbonyl (C=O) groups is 2. The number of carboxylic acid groups (broad SMARTS) is 1. The van der Waals surface area contributed by atoms with E-state index in [-0.39, 0.29) is 18.9 Å². The number of hydrogen-bond acceptors (Lipinski definition) is 5. The summed E-state index contributed by atoms with van der Waals surface area (Å²) < 4.78 is 11.8. The van der Waals surface area contributed by atoms with Crippen molar-refractivity contribution in [2.45, 2.75) is 13.2 Å². The van der Waals surface area contributed by atoms with Gasteiger partial charge in [0.05, 0.1) is 6.54 Å². The molecule has 3 rings (SSSR count). The molecule has 0 saturated carbocycles. The molecule has 0 aliphatic rings. The van der Waals surface area contributed by atoms with E-state index in [2.05, 4.69) is 10.4 Å². The molecule has 0 atom stereocenters. The minimum Gasteiger partial charge on any atom is -0.475 e. The van der Waals surface area contributed by atoms with E-state index in [1.165, 1.54) is 10.7 Å². The highest BCUT2D eigenvalue weighted by atomic mass is 16.5. The highest BCUT2D eigenvalue weighted by Gasteiger charge is 2.11. The average Bonchev–Trinajstić information content (AvgIpc) is 3.24. The molecule has 0 saturated heterocycles. The molecule has 2 aromatic heterocycles. The average molecular weight is 341 g/mol. The van der Waals surface area contributed by atoms with Gasteiger partial charge in [-0.3, -0.25) is 10.00 Å². The van der Waals surface area contributed by atoms with Gasteiger partial charge in [-0.1, -0.05) is 30.3 Å². The van der Waals surface area contributed by atoms with E-state index in [4.69, 9.17) is 14.3 Å². The van der Waals surface area contributed by atoms with Gasteiger partial charge < -0.3 is 14.3 Å². The van der Waals surface area contributed by atoms with Crippen molar-refractivity contribution in [1.82, 2.24) is 9.78 Å². The molecule has 0 bridgehead atoms. The van der Waals surface area contributed by atoms with Gasteiger partial charge in [0.2, 0.25) is 5.76 Å². The third-order valence-corrected chi connectivity index (χ3v) is 3.27. The molecule has 128 valence electrons. The van der Waals surface area contributed by atoms with Crippen molar-refractivity contribution >= 4 is 17.9 Å². The Bertz CT molecular complexity index is 869. The summed E-state index contributed by atoms with van der Waals surface area (Å²) in [5, 5.41) is 15.5. The van der Waals surface area contributed by atoms with Crippen LogP contribution >= 0.6 is 0 Å². The van der Waals surface area contributed by atoms with Gasteiger partial charge in [0.1, 0.15) is 12.4 Å². The zero-order chi connectivity index (χ0) is 17.6. The number of aromatic carboxylic acids is 1.